The number of hydrogen-bond donors (Lipinski definition) is 1. The zero-order chi connectivity index (χ0) is 28.5. The summed E-state index contributed by atoms with van der Waals surface area (Å²) in [7, 11) is 0. The minimum Gasteiger partial charge on any atom is -0.401 e. The lowest BCUT2D eigenvalue weighted by Gasteiger charge is -2.33. The fraction of sp³-hybridized carbons (Fsp3) is 0.385. The van der Waals surface area contributed by atoms with E-state index in [1.165, 1.54) is 0 Å². The number of benzene rings is 1. The quantitative estimate of drug-likeness (QED) is 0.328. The van der Waals surface area contributed by atoms with E-state index in [9.17, 15) is 31.5 Å². The molecular weight excluding hydrogens is 566 g/mol. The normalized spacial score (nSPS) is 19.7. The average Bonchev–Trinajstić information content (AvgIpc) is 3.08. The number of ketones is 1. The predicted molar refractivity (Wildman–Crippen MR) is 135 cm³/mol. The number of carbonyl (C=O) groups excluding carboxylic acids is 2. The van der Waals surface area contributed by atoms with Crippen LogP contribution in [-0.2, 0) is 11.3 Å². The number of halogens is 7. The van der Waals surface area contributed by atoms with E-state index in [0.29, 0.717) is 31.7 Å². The monoisotopic (exact) mass is 588 g/mol. The molecular formula is C26H23Cl2F5N4O2. The molecule has 2 aliphatic rings. The first-order chi connectivity index (χ1) is 18.4. The highest BCUT2D eigenvalue weighted by atomic mass is 35.5. The number of amides is 1. The smallest absolute Gasteiger partial charge is 0.401 e. The molecule has 0 radical (unpaired) electrons. The first-order valence-electron chi connectivity index (χ1n) is 12.1. The number of nitrogens with two attached hydrogens (primary N) is 1. The third-order valence-electron chi connectivity index (χ3n) is 6.73. The van der Waals surface area contributed by atoms with E-state index in [1.807, 2.05) is 0 Å². The molecule has 1 saturated carbocycles. The summed E-state index contributed by atoms with van der Waals surface area (Å²) in [6, 6.07) is 1.67. The third-order valence-corrected chi connectivity index (χ3v) is 7.30. The zero-order valence-electron chi connectivity index (χ0n) is 20.4. The van der Waals surface area contributed by atoms with Crippen LogP contribution in [0.3, 0.4) is 0 Å². The van der Waals surface area contributed by atoms with Gasteiger partial charge < -0.3 is 10.6 Å². The maximum atomic E-state index is 14.2. The van der Waals surface area contributed by atoms with Gasteiger partial charge in [0.2, 0.25) is 0 Å². The molecule has 1 fully saturated rings. The van der Waals surface area contributed by atoms with Crippen molar-refractivity contribution in [2.45, 2.75) is 50.9 Å². The van der Waals surface area contributed by atoms with Crippen molar-refractivity contribution < 1.29 is 31.5 Å². The van der Waals surface area contributed by atoms with Crippen molar-refractivity contribution in [2.75, 3.05) is 6.54 Å². The van der Waals surface area contributed by atoms with Crippen molar-refractivity contribution in [3.63, 3.8) is 0 Å². The SMILES string of the molecule is NC1=C(C(=O)N(CC(=O)c2c(Cl)cncc2Cl)Cc2cc(F)cc(F)c2)C(C(F)(F)F)=N[C@H]2CCCCCC12. The van der Waals surface area contributed by atoms with E-state index in [1.54, 1.807) is 0 Å². The number of nitrogens with zero attached hydrogens (tertiary/aromatic N) is 3. The Hall–Kier alpha value is -3.05. The van der Waals surface area contributed by atoms with Gasteiger partial charge in [-0.2, -0.15) is 13.2 Å². The van der Waals surface area contributed by atoms with Gasteiger partial charge in [-0.05, 0) is 30.5 Å². The van der Waals surface area contributed by atoms with Crippen LogP contribution >= 0.6 is 23.2 Å². The predicted octanol–water partition coefficient (Wildman–Crippen LogP) is 6.06. The number of hydrogen-bond acceptors (Lipinski definition) is 5. The molecule has 0 spiro atoms. The van der Waals surface area contributed by atoms with Gasteiger partial charge >= 0.3 is 6.18 Å². The maximum Gasteiger partial charge on any atom is 0.433 e. The summed E-state index contributed by atoms with van der Waals surface area (Å²) in [5, 5.41) is -0.293. The molecule has 1 aliphatic carbocycles. The lowest BCUT2D eigenvalue weighted by atomic mass is 9.84. The lowest BCUT2D eigenvalue weighted by Crippen LogP contribution is -2.46. The Kier molecular flexibility index (Phi) is 8.60. The number of aromatic nitrogens is 1. The fourth-order valence-electron chi connectivity index (χ4n) is 5.01. The van der Waals surface area contributed by atoms with Gasteiger partial charge in [0.25, 0.3) is 5.91 Å². The lowest BCUT2D eigenvalue weighted by molar-refractivity contribution is -0.127. The molecule has 39 heavy (non-hydrogen) atoms. The molecule has 0 saturated heterocycles. The summed E-state index contributed by atoms with van der Waals surface area (Å²) >= 11 is 12.1. The molecule has 1 aromatic carbocycles. The topological polar surface area (TPSA) is 88.7 Å². The van der Waals surface area contributed by atoms with Gasteiger partial charge in [-0.3, -0.25) is 19.6 Å². The van der Waals surface area contributed by atoms with Gasteiger partial charge in [0, 0.05) is 36.6 Å². The van der Waals surface area contributed by atoms with Crippen LogP contribution in [0.15, 0.2) is 46.9 Å². The molecule has 208 valence electrons. The van der Waals surface area contributed by atoms with Gasteiger partial charge in [0.05, 0.1) is 33.8 Å². The van der Waals surface area contributed by atoms with Gasteiger partial charge in [-0.15, -0.1) is 0 Å². The van der Waals surface area contributed by atoms with Crippen molar-refractivity contribution in [3.05, 3.63) is 74.7 Å². The van der Waals surface area contributed by atoms with Crippen LogP contribution < -0.4 is 5.73 Å². The van der Waals surface area contributed by atoms with E-state index >= 15 is 0 Å². The minimum absolute atomic E-state index is 0.103. The Morgan fingerprint density at radius 3 is 2.23 bits per heavy atom. The Labute approximate surface area is 230 Å². The van der Waals surface area contributed by atoms with Crippen LogP contribution in [0, 0.1) is 17.6 Å². The molecule has 1 aliphatic heterocycles. The van der Waals surface area contributed by atoms with Gasteiger partial charge in [0.1, 0.15) is 11.6 Å². The number of carbonyl (C=O) groups is 2. The molecule has 4 rings (SSSR count). The summed E-state index contributed by atoms with van der Waals surface area (Å²) in [5.41, 5.74) is 3.37. The second-order valence-corrected chi connectivity index (χ2v) is 10.3. The molecule has 0 bridgehead atoms. The number of alkyl halides is 3. The highest BCUT2D eigenvalue weighted by Crippen LogP contribution is 2.38. The van der Waals surface area contributed by atoms with Crippen molar-refractivity contribution in [1.29, 1.82) is 0 Å². The summed E-state index contributed by atoms with van der Waals surface area (Å²) in [4.78, 5) is 35.4. The van der Waals surface area contributed by atoms with Gasteiger partial charge in [-0.1, -0.05) is 42.5 Å². The highest BCUT2D eigenvalue weighted by molar-refractivity contribution is 6.39. The molecule has 1 amide bonds. The number of rotatable bonds is 6. The zero-order valence-corrected chi connectivity index (χ0v) is 21.9. The Bertz CT molecular complexity index is 1320. The standard InChI is InChI=1S/C26H23Cl2F5N4O2/c27-17-9-35-10-18(28)21(17)20(38)12-37(11-13-6-14(29)8-15(30)7-13)25(39)22-23(34)16-4-2-1-3-5-19(16)36-24(22)26(31,32)33/h6-10,16,19H,1-5,11-12,34H2/t16?,19-/m0/s1. The number of aliphatic imine (C=N–C) groups is 1. The van der Waals surface area contributed by atoms with Crippen LogP contribution in [0.25, 0.3) is 0 Å². The van der Waals surface area contributed by atoms with Crippen LogP contribution in [0.1, 0.15) is 48.0 Å². The van der Waals surface area contributed by atoms with Crippen molar-refractivity contribution in [3.8, 4) is 0 Å². The first-order valence-corrected chi connectivity index (χ1v) is 12.8. The largest absolute Gasteiger partial charge is 0.433 e. The molecule has 2 aromatic rings. The Morgan fingerprint density at radius 1 is 1.00 bits per heavy atom. The summed E-state index contributed by atoms with van der Waals surface area (Å²) in [6.45, 7) is -1.44. The second-order valence-electron chi connectivity index (χ2n) is 9.46. The van der Waals surface area contributed by atoms with Crippen molar-refractivity contribution in [2.24, 2.45) is 16.6 Å². The van der Waals surface area contributed by atoms with Crippen LogP contribution in [0.5, 0.6) is 0 Å². The summed E-state index contributed by atoms with van der Waals surface area (Å²) < 4.78 is 70.5. The van der Waals surface area contributed by atoms with Crippen LogP contribution in [0.4, 0.5) is 22.0 Å². The Balaban J connectivity index is 1.79. The molecule has 6 nitrogen and oxygen atoms in total. The highest BCUT2D eigenvalue weighted by Gasteiger charge is 2.47. The molecule has 13 heteroatoms. The fourth-order valence-corrected chi connectivity index (χ4v) is 5.58. The van der Waals surface area contributed by atoms with Crippen molar-refractivity contribution in [1.82, 2.24) is 9.88 Å². The van der Waals surface area contributed by atoms with Gasteiger partial charge in [0.15, 0.2) is 11.5 Å². The summed E-state index contributed by atoms with van der Waals surface area (Å²) in [6.07, 6.45) is 0.239. The Morgan fingerprint density at radius 2 is 1.62 bits per heavy atom. The number of dihydropyridines is 1. The average molecular weight is 589 g/mol. The van der Waals surface area contributed by atoms with E-state index in [2.05, 4.69) is 9.98 Å². The van der Waals surface area contributed by atoms with Crippen LogP contribution in [-0.4, -0.2) is 46.0 Å². The number of fused-ring (bicyclic) bond motifs is 1. The van der Waals surface area contributed by atoms with Gasteiger partial charge in [-0.25, -0.2) is 8.78 Å². The van der Waals surface area contributed by atoms with E-state index in [4.69, 9.17) is 28.9 Å². The van der Waals surface area contributed by atoms with E-state index in [0.717, 1.165) is 35.8 Å². The third kappa shape index (κ3) is 6.41. The molecule has 2 heterocycles. The molecule has 2 N–H and O–H groups in total. The molecule has 1 aromatic heterocycles. The molecule has 2 atom stereocenters. The maximum absolute atomic E-state index is 14.2. The van der Waals surface area contributed by atoms with E-state index in [-0.39, 0.29) is 26.9 Å². The second kappa shape index (κ2) is 11.6. The van der Waals surface area contributed by atoms with Crippen LogP contribution in [0.2, 0.25) is 10.0 Å². The van der Waals surface area contributed by atoms with Crippen molar-refractivity contribution >= 4 is 40.6 Å². The first kappa shape index (κ1) is 28.9. The summed E-state index contributed by atoms with van der Waals surface area (Å²) in [5.74, 6) is -4.62. The number of Topliss-reactive ketones (excluding diaryl/α,β-unsaturated/α-hetero) is 1. The minimum atomic E-state index is -5.02. The van der Waals surface area contributed by atoms with E-state index < -0.39 is 65.8 Å². The number of pyridine rings is 1. The molecule has 1 unspecified atom stereocenters.